The van der Waals surface area contributed by atoms with Crippen LogP contribution >= 0.6 is 22.9 Å². The van der Waals surface area contributed by atoms with Gasteiger partial charge in [0.2, 0.25) is 0 Å². The zero-order chi connectivity index (χ0) is 9.35. The fourth-order valence-electron chi connectivity index (χ4n) is 0.501. The maximum absolute atomic E-state index is 12.5. The second-order valence-corrected chi connectivity index (χ2v) is 3.29. The first-order valence-electron chi connectivity index (χ1n) is 2.65. The number of carboxylic acid groups (broad SMARTS) is 1. The summed E-state index contributed by atoms with van der Waals surface area (Å²) in [5, 5.41) is 10.8. The Morgan fingerprint density at radius 1 is 1.69 bits per heavy atom. The van der Waals surface area contributed by atoms with E-state index in [0.717, 1.165) is 16.7 Å². The maximum atomic E-state index is 12.5. The van der Waals surface area contributed by atoms with Crippen LogP contribution in [0.25, 0.3) is 0 Å². The normalized spacial score (nSPS) is 10.7. The molecule has 0 aliphatic heterocycles. The van der Waals surface area contributed by atoms with Crippen molar-refractivity contribution in [1.82, 2.24) is 4.98 Å². The van der Waals surface area contributed by atoms with Crippen LogP contribution in [0.1, 0.15) is 5.69 Å². The minimum absolute atomic E-state index is 0. The molecule has 0 spiro atoms. The summed E-state index contributed by atoms with van der Waals surface area (Å²) >= 11 is 5.96. The first-order chi connectivity index (χ1) is 5.44. The summed E-state index contributed by atoms with van der Waals surface area (Å²) in [7, 11) is 0. The average molecular weight is 236 g/mol. The Hall–Kier alpha value is 0.250. The van der Waals surface area contributed by atoms with Crippen molar-refractivity contribution in [2.45, 2.75) is 5.92 Å². The van der Waals surface area contributed by atoms with E-state index in [1.54, 1.807) is 0 Å². The third-order valence-corrected chi connectivity index (χ3v) is 2.03. The number of carboxylic acids is 1. The van der Waals surface area contributed by atoms with Gasteiger partial charge in [0, 0.05) is 5.38 Å². The van der Waals surface area contributed by atoms with Gasteiger partial charge in [-0.25, -0.2) is 4.98 Å². The molecule has 1 rings (SSSR count). The molecular weight excluding hydrogens is 235 g/mol. The molecule has 66 valence electrons. The van der Waals surface area contributed by atoms with Crippen molar-refractivity contribution < 1.29 is 48.2 Å². The molecule has 0 saturated heterocycles. The van der Waals surface area contributed by atoms with Gasteiger partial charge in [-0.05, 0) is 0 Å². The summed E-state index contributed by atoms with van der Waals surface area (Å²) in [6.07, 6.45) is 0. The Bertz CT molecular complexity index is 319. The largest absolute Gasteiger partial charge is 1.00 e. The summed E-state index contributed by atoms with van der Waals surface area (Å²) in [6.45, 7) is 0. The number of thiazole rings is 1. The van der Waals surface area contributed by atoms with Crippen LogP contribution in [-0.2, 0) is 10.7 Å². The second kappa shape index (κ2) is 4.65. The van der Waals surface area contributed by atoms with E-state index in [2.05, 4.69) is 4.98 Å². The molecule has 1 heterocycles. The van der Waals surface area contributed by atoms with E-state index >= 15 is 0 Å². The molecule has 0 amide bonds. The fraction of sp³-hybridized carbons (Fsp3) is 0.200. The molecule has 0 aliphatic carbocycles. The van der Waals surface area contributed by atoms with Crippen molar-refractivity contribution in [2.75, 3.05) is 0 Å². The minimum atomic E-state index is -4.07. The summed E-state index contributed by atoms with van der Waals surface area (Å²) < 4.78 is 24.9. The third kappa shape index (κ3) is 2.85. The quantitative estimate of drug-likeness (QED) is 0.539. The van der Waals surface area contributed by atoms with E-state index in [1.807, 2.05) is 0 Å². The van der Waals surface area contributed by atoms with Crippen LogP contribution in [0.2, 0.25) is 4.47 Å². The molecule has 1 aromatic heterocycles. The number of aliphatic carboxylic acids is 1. The predicted molar refractivity (Wildman–Crippen MR) is 36.0 cm³/mol. The Morgan fingerprint density at radius 3 is 2.54 bits per heavy atom. The van der Waals surface area contributed by atoms with Crippen molar-refractivity contribution >= 4 is 28.9 Å². The van der Waals surface area contributed by atoms with Crippen LogP contribution in [0.4, 0.5) is 8.78 Å². The Balaban J connectivity index is 0.00000144. The first-order valence-corrected chi connectivity index (χ1v) is 3.91. The smallest absolute Gasteiger partial charge is 0.544 e. The predicted octanol–water partition coefficient (Wildman–Crippen LogP) is -2.36. The first kappa shape index (κ1) is 13.2. The van der Waals surface area contributed by atoms with E-state index in [-0.39, 0.29) is 34.0 Å². The Kier molecular flexibility index (Phi) is 4.74. The van der Waals surface area contributed by atoms with Gasteiger partial charge in [-0.2, -0.15) is 8.78 Å². The molecule has 0 atom stereocenters. The molecular formula is C5HClF2NNaO2S. The number of nitrogens with zero attached hydrogens (tertiary/aromatic N) is 1. The molecule has 0 aromatic carbocycles. The molecule has 0 unspecified atom stereocenters. The van der Waals surface area contributed by atoms with Gasteiger partial charge in [0.15, 0.2) is 4.47 Å². The molecule has 3 nitrogen and oxygen atoms in total. The molecule has 0 bridgehead atoms. The van der Waals surface area contributed by atoms with Gasteiger partial charge >= 0.3 is 35.5 Å². The van der Waals surface area contributed by atoms with Crippen LogP contribution in [0.15, 0.2) is 5.38 Å². The van der Waals surface area contributed by atoms with E-state index < -0.39 is 17.6 Å². The molecule has 0 aliphatic rings. The van der Waals surface area contributed by atoms with Crippen LogP contribution in [0.5, 0.6) is 0 Å². The van der Waals surface area contributed by atoms with E-state index in [0.29, 0.717) is 0 Å². The molecule has 13 heavy (non-hydrogen) atoms. The van der Waals surface area contributed by atoms with E-state index in [9.17, 15) is 18.7 Å². The fourth-order valence-corrected chi connectivity index (χ4v) is 1.29. The zero-order valence-electron chi connectivity index (χ0n) is 6.38. The number of rotatable bonds is 2. The van der Waals surface area contributed by atoms with Crippen molar-refractivity contribution in [3.05, 3.63) is 15.5 Å². The summed E-state index contributed by atoms with van der Waals surface area (Å²) in [5.74, 6) is -6.55. The topological polar surface area (TPSA) is 53.0 Å². The molecule has 1 aromatic rings. The summed E-state index contributed by atoms with van der Waals surface area (Å²) in [6, 6.07) is 0. The van der Waals surface area contributed by atoms with Crippen molar-refractivity contribution in [1.29, 1.82) is 0 Å². The number of hydrogen-bond donors (Lipinski definition) is 0. The van der Waals surface area contributed by atoms with Gasteiger partial charge in [0.1, 0.15) is 11.7 Å². The van der Waals surface area contributed by atoms with Crippen molar-refractivity contribution in [3.8, 4) is 0 Å². The maximum Gasteiger partial charge on any atom is 1.00 e. The van der Waals surface area contributed by atoms with Gasteiger partial charge in [0.05, 0.1) is 0 Å². The number of hydrogen-bond acceptors (Lipinski definition) is 4. The van der Waals surface area contributed by atoms with E-state index in [1.165, 1.54) is 0 Å². The van der Waals surface area contributed by atoms with Gasteiger partial charge in [0.25, 0.3) is 0 Å². The SMILES string of the molecule is O=C([O-])C(F)(F)c1csc(Cl)n1.[Na+]. The summed E-state index contributed by atoms with van der Waals surface area (Å²) in [5.41, 5.74) is -0.891. The van der Waals surface area contributed by atoms with Gasteiger partial charge in [-0.3, -0.25) is 0 Å². The molecule has 0 fully saturated rings. The minimum Gasteiger partial charge on any atom is -0.544 e. The number of carbonyl (C=O) groups is 1. The Labute approximate surface area is 103 Å². The number of carbonyl (C=O) groups excluding carboxylic acids is 1. The zero-order valence-corrected chi connectivity index (χ0v) is 9.96. The van der Waals surface area contributed by atoms with Crippen molar-refractivity contribution in [3.63, 3.8) is 0 Å². The second-order valence-electron chi connectivity index (χ2n) is 1.85. The summed E-state index contributed by atoms with van der Waals surface area (Å²) in [4.78, 5) is 13.0. The van der Waals surface area contributed by atoms with Gasteiger partial charge in [-0.1, -0.05) is 11.6 Å². The van der Waals surface area contributed by atoms with Crippen LogP contribution in [0, 0.1) is 0 Å². The molecule has 0 radical (unpaired) electrons. The van der Waals surface area contributed by atoms with Crippen LogP contribution in [0.3, 0.4) is 0 Å². The molecule has 8 heteroatoms. The number of halogens is 3. The molecule has 0 N–H and O–H groups in total. The van der Waals surface area contributed by atoms with Gasteiger partial charge in [-0.15, -0.1) is 11.3 Å². The monoisotopic (exact) mass is 235 g/mol. The van der Waals surface area contributed by atoms with Crippen molar-refractivity contribution in [2.24, 2.45) is 0 Å². The van der Waals surface area contributed by atoms with Gasteiger partial charge < -0.3 is 9.90 Å². The molecule has 0 saturated carbocycles. The number of alkyl halides is 2. The Morgan fingerprint density at radius 2 is 2.23 bits per heavy atom. The standard InChI is InChI=1S/C5H2ClF2NO2S.Na/c6-4-9-2(1-12-4)5(7,8)3(10)11;/h1H,(H,10,11);/q;+1/p-1. The van der Waals surface area contributed by atoms with Crippen LogP contribution < -0.4 is 34.7 Å². The number of aromatic nitrogens is 1. The van der Waals surface area contributed by atoms with Crippen LogP contribution in [-0.4, -0.2) is 11.0 Å². The van der Waals surface area contributed by atoms with E-state index in [4.69, 9.17) is 11.6 Å². The third-order valence-electron chi connectivity index (χ3n) is 1.05. The average Bonchev–Trinajstić information content (AvgIpc) is 2.35.